The first kappa shape index (κ1) is 21.4. The number of anilines is 2. The molecule has 3 aromatic carbocycles. The Bertz CT molecular complexity index is 1140. The van der Waals surface area contributed by atoms with Gasteiger partial charge in [-0.25, -0.2) is 4.98 Å². The third-order valence-corrected chi connectivity index (χ3v) is 6.19. The highest BCUT2D eigenvalue weighted by Crippen LogP contribution is 2.30. The Kier molecular flexibility index (Phi) is 6.46. The van der Waals surface area contributed by atoms with Gasteiger partial charge < -0.3 is 15.3 Å². The maximum absolute atomic E-state index is 9.26. The van der Waals surface area contributed by atoms with Crippen LogP contribution in [0.1, 0.15) is 17.2 Å². The number of aliphatic hydroxyl groups is 1. The molecule has 0 amide bonds. The number of aromatic nitrogens is 2. The van der Waals surface area contributed by atoms with Crippen molar-refractivity contribution < 1.29 is 5.11 Å². The van der Waals surface area contributed by atoms with Crippen LogP contribution in [-0.2, 0) is 0 Å². The monoisotopic (exact) mass is 439 g/mol. The minimum atomic E-state index is 0.0622. The number of hydrogen-bond donors (Lipinski definition) is 2. The molecule has 1 saturated heterocycles. The second kappa shape index (κ2) is 9.98. The fourth-order valence-electron chi connectivity index (χ4n) is 4.58. The van der Waals surface area contributed by atoms with Crippen LogP contribution < -0.4 is 10.2 Å². The average Bonchev–Trinajstić information content (AvgIpc) is 2.89. The van der Waals surface area contributed by atoms with E-state index in [0.717, 1.165) is 48.8 Å². The molecule has 6 heteroatoms. The number of fused-ring (bicyclic) bond motifs is 1. The topological polar surface area (TPSA) is 64.5 Å². The molecule has 2 heterocycles. The van der Waals surface area contributed by atoms with E-state index in [1.54, 1.807) is 0 Å². The minimum Gasteiger partial charge on any atom is -0.395 e. The number of nitrogens with zero attached hydrogens (tertiary/aromatic N) is 4. The first-order valence-electron chi connectivity index (χ1n) is 11.5. The van der Waals surface area contributed by atoms with Gasteiger partial charge in [-0.3, -0.25) is 4.90 Å². The lowest BCUT2D eigenvalue weighted by Crippen LogP contribution is -2.48. The predicted octanol–water partition coefficient (Wildman–Crippen LogP) is 3.95. The number of rotatable bonds is 7. The Hall–Kier alpha value is -3.48. The van der Waals surface area contributed by atoms with E-state index in [0.29, 0.717) is 6.54 Å². The smallest absolute Gasteiger partial charge is 0.227 e. The first-order chi connectivity index (χ1) is 16.3. The van der Waals surface area contributed by atoms with Crippen molar-refractivity contribution in [2.24, 2.45) is 0 Å². The Morgan fingerprint density at radius 3 is 2.00 bits per heavy atom. The number of hydrogen-bond acceptors (Lipinski definition) is 6. The second-order valence-corrected chi connectivity index (χ2v) is 8.29. The Balaban J connectivity index is 1.38. The van der Waals surface area contributed by atoms with E-state index in [2.05, 4.69) is 75.8 Å². The standard InChI is InChI=1S/C27H29N5O/c33-20-15-28-26-23-13-7-8-14-24(23)29-27(30-26)32-18-16-31(17-19-32)25(21-9-3-1-4-10-21)22-11-5-2-6-12-22/h1-14,25,33H,15-20H2,(H,28,29,30). The quantitative estimate of drug-likeness (QED) is 0.455. The van der Waals surface area contributed by atoms with Crippen LogP contribution in [0.15, 0.2) is 84.9 Å². The van der Waals surface area contributed by atoms with Gasteiger partial charge in [-0.05, 0) is 23.3 Å². The van der Waals surface area contributed by atoms with Crippen LogP contribution in [0.2, 0.25) is 0 Å². The summed E-state index contributed by atoms with van der Waals surface area (Å²) in [6.45, 7) is 4.08. The molecular weight excluding hydrogens is 410 g/mol. The molecule has 0 spiro atoms. The summed E-state index contributed by atoms with van der Waals surface area (Å²) in [5.74, 6) is 1.52. The third kappa shape index (κ3) is 4.67. The summed E-state index contributed by atoms with van der Waals surface area (Å²) >= 11 is 0. The fourth-order valence-corrected chi connectivity index (χ4v) is 4.58. The van der Waals surface area contributed by atoms with Crippen molar-refractivity contribution >= 4 is 22.7 Å². The highest BCUT2D eigenvalue weighted by atomic mass is 16.3. The molecular formula is C27H29N5O. The molecule has 1 aliphatic heterocycles. The molecule has 0 atom stereocenters. The van der Waals surface area contributed by atoms with E-state index in [4.69, 9.17) is 9.97 Å². The minimum absolute atomic E-state index is 0.0622. The van der Waals surface area contributed by atoms with Gasteiger partial charge in [-0.15, -0.1) is 0 Å². The molecule has 6 nitrogen and oxygen atoms in total. The molecule has 0 unspecified atom stereocenters. The van der Waals surface area contributed by atoms with Crippen molar-refractivity contribution in [2.45, 2.75) is 6.04 Å². The molecule has 4 aromatic rings. The summed E-state index contributed by atoms with van der Waals surface area (Å²) in [5, 5.41) is 13.5. The van der Waals surface area contributed by atoms with Gasteiger partial charge >= 0.3 is 0 Å². The predicted molar refractivity (Wildman–Crippen MR) is 134 cm³/mol. The lowest BCUT2D eigenvalue weighted by molar-refractivity contribution is 0.211. The normalized spacial score (nSPS) is 14.7. The second-order valence-electron chi connectivity index (χ2n) is 8.29. The summed E-state index contributed by atoms with van der Waals surface area (Å²) in [7, 11) is 0. The van der Waals surface area contributed by atoms with Gasteiger partial charge in [-0.1, -0.05) is 72.8 Å². The summed E-state index contributed by atoms with van der Waals surface area (Å²) in [6.07, 6.45) is 0. The van der Waals surface area contributed by atoms with Gasteiger partial charge in [-0.2, -0.15) is 4.98 Å². The molecule has 0 bridgehead atoms. The lowest BCUT2D eigenvalue weighted by Gasteiger charge is -2.40. The van der Waals surface area contributed by atoms with Crippen LogP contribution in [0.5, 0.6) is 0 Å². The van der Waals surface area contributed by atoms with Gasteiger partial charge in [0.05, 0.1) is 18.2 Å². The molecule has 0 aliphatic carbocycles. The highest BCUT2D eigenvalue weighted by molar-refractivity contribution is 5.90. The maximum Gasteiger partial charge on any atom is 0.227 e. The molecule has 1 aromatic heterocycles. The lowest BCUT2D eigenvalue weighted by atomic mass is 9.96. The van der Waals surface area contributed by atoms with Crippen LogP contribution in [0, 0.1) is 0 Å². The summed E-state index contributed by atoms with van der Waals surface area (Å²) < 4.78 is 0. The number of para-hydroxylation sites is 1. The molecule has 1 aliphatic rings. The molecule has 33 heavy (non-hydrogen) atoms. The number of piperazine rings is 1. The Morgan fingerprint density at radius 2 is 1.36 bits per heavy atom. The molecule has 1 fully saturated rings. The van der Waals surface area contributed by atoms with Crippen LogP contribution in [0.25, 0.3) is 10.9 Å². The van der Waals surface area contributed by atoms with E-state index < -0.39 is 0 Å². The highest BCUT2D eigenvalue weighted by Gasteiger charge is 2.27. The van der Waals surface area contributed by atoms with E-state index in [-0.39, 0.29) is 12.6 Å². The van der Waals surface area contributed by atoms with E-state index in [9.17, 15) is 5.11 Å². The zero-order valence-corrected chi connectivity index (χ0v) is 18.6. The summed E-state index contributed by atoms with van der Waals surface area (Å²) in [5.41, 5.74) is 3.54. The number of benzene rings is 3. The molecule has 5 rings (SSSR count). The fraction of sp³-hybridized carbons (Fsp3) is 0.259. The Labute approximate surface area is 194 Å². The van der Waals surface area contributed by atoms with Gasteiger partial charge in [0.25, 0.3) is 0 Å². The Morgan fingerprint density at radius 1 is 0.758 bits per heavy atom. The summed E-state index contributed by atoms with van der Waals surface area (Å²) in [6, 6.07) is 29.7. The van der Waals surface area contributed by atoms with Crippen molar-refractivity contribution in [3.05, 3.63) is 96.1 Å². The van der Waals surface area contributed by atoms with E-state index >= 15 is 0 Å². The first-order valence-corrected chi connectivity index (χ1v) is 11.5. The number of aliphatic hydroxyl groups excluding tert-OH is 1. The van der Waals surface area contributed by atoms with Crippen molar-refractivity contribution in [1.29, 1.82) is 0 Å². The molecule has 168 valence electrons. The van der Waals surface area contributed by atoms with Crippen LogP contribution in [-0.4, -0.2) is 59.3 Å². The van der Waals surface area contributed by atoms with Crippen LogP contribution in [0.4, 0.5) is 11.8 Å². The van der Waals surface area contributed by atoms with Gasteiger partial charge in [0.2, 0.25) is 5.95 Å². The van der Waals surface area contributed by atoms with Crippen molar-refractivity contribution in [1.82, 2.24) is 14.9 Å². The average molecular weight is 440 g/mol. The van der Waals surface area contributed by atoms with Crippen LogP contribution in [0.3, 0.4) is 0 Å². The third-order valence-electron chi connectivity index (χ3n) is 6.19. The van der Waals surface area contributed by atoms with E-state index in [1.165, 1.54) is 11.1 Å². The summed E-state index contributed by atoms with van der Waals surface area (Å²) in [4.78, 5) is 14.5. The largest absolute Gasteiger partial charge is 0.395 e. The van der Waals surface area contributed by atoms with E-state index in [1.807, 2.05) is 24.3 Å². The zero-order valence-electron chi connectivity index (χ0n) is 18.6. The van der Waals surface area contributed by atoms with Crippen molar-refractivity contribution in [2.75, 3.05) is 49.5 Å². The van der Waals surface area contributed by atoms with Gasteiger partial charge in [0, 0.05) is 38.1 Å². The molecule has 0 radical (unpaired) electrons. The zero-order chi connectivity index (χ0) is 22.5. The SMILES string of the molecule is OCCNc1nc(N2CCN(C(c3ccccc3)c3ccccc3)CC2)nc2ccccc12. The molecule has 2 N–H and O–H groups in total. The maximum atomic E-state index is 9.26. The van der Waals surface area contributed by atoms with Crippen molar-refractivity contribution in [3.63, 3.8) is 0 Å². The number of nitrogens with one attached hydrogen (secondary N) is 1. The molecule has 0 saturated carbocycles. The van der Waals surface area contributed by atoms with Gasteiger partial charge in [0.15, 0.2) is 0 Å². The van der Waals surface area contributed by atoms with Gasteiger partial charge in [0.1, 0.15) is 5.82 Å². The van der Waals surface area contributed by atoms with Crippen LogP contribution >= 0.6 is 0 Å². The van der Waals surface area contributed by atoms with Crippen molar-refractivity contribution in [3.8, 4) is 0 Å².